The molecule has 1 aliphatic rings. The number of amides is 1. The molecule has 2 rings (SSSR count). The number of rotatable bonds is 2. The van der Waals surface area contributed by atoms with Crippen molar-refractivity contribution in [3.05, 3.63) is 46.7 Å². The van der Waals surface area contributed by atoms with E-state index >= 15 is 0 Å². The van der Waals surface area contributed by atoms with Gasteiger partial charge in [-0.05, 0) is 24.6 Å². The highest BCUT2D eigenvalue weighted by Gasteiger charge is 2.31. The normalized spacial score (nSPS) is 19.3. The lowest BCUT2D eigenvalue weighted by Crippen LogP contribution is -2.33. The molecule has 1 aromatic rings. The summed E-state index contributed by atoms with van der Waals surface area (Å²) in [5.74, 6) is -4.39. The van der Waals surface area contributed by atoms with Gasteiger partial charge in [-0.15, -0.1) is 0 Å². The third-order valence-electron chi connectivity index (χ3n) is 3.05. The van der Waals surface area contributed by atoms with Crippen LogP contribution in [0.15, 0.2) is 29.5 Å². The van der Waals surface area contributed by atoms with Crippen molar-refractivity contribution in [1.82, 2.24) is 5.32 Å². The molecule has 1 heterocycles. The van der Waals surface area contributed by atoms with Gasteiger partial charge in [-0.25, -0.2) is 13.6 Å². The average Bonchev–Trinajstić information content (AvgIpc) is 2.31. The lowest BCUT2D eigenvalue weighted by molar-refractivity contribution is -0.133. The van der Waals surface area contributed by atoms with Gasteiger partial charge >= 0.3 is 5.97 Å². The van der Waals surface area contributed by atoms with Crippen molar-refractivity contribution >= 4 is 11.9 Å². The summed E-state index contributed by atoms with van der Waals surface area (Å²) in [5, 5.41) is 11.6. The summed E-state index contributed by atoms with van der Waals surface area (Å²) in [7, 11) is 0. The summed E-state index contributed by atoms with van der Waals surface area (Å²) < 4.78 is 26.1. The van der Waals surface area contributed by atoms with E-state index in [0.29, 0.717) is 0 Å². The molecule has 4 nitrogen and oxygen atoms in total. The van der Waals surface area contributed by atoms with Crippen molar-refractivity contribution < 1.29 is 23.5 Å². The molecule has 19 heavy (non-hydrogen) atoms. The Labute approximate surface area is 107 Å². The topological polar surface area (TPSA) is 66.4 Å². The number of carboxylic acid groups (broad SMARTS) is 1. The molecule has 0 saturated heterocycles. The Morgan fingerprint density at radius 2 is 2.05 bits per heavy atom. The minimum Gasteiger partial charge on any atom is -0.478 e. The molecule has 0 saturated carbocycles. The Hall–Kier alpha value is -2.24. The van der Waals surface area contributed by atoms with Crippen LogP contribution in [0.25, 0.3) is 0 Å². The number of carbonyl (C=O) groups is 2. The quantitative estimate of drug-likeness (QED) is 0.860. The Morgan fingerprint density at radius 3 is 2.63 bits per heavy atom. The molecule has 1 aromatic carbocycles. The van der Waals surface area contributed by atoms with E-state index in [2.05, 4.69) is 5.32 Å². The Bertz CT molecular complexity index is 596. The Morgan fingerprint density at radius 1 is 1.37 bits per heavy atom. The van der Waals surface area contributed by atoms with Crippen molar-refractivity contribution in [2.24, 2.45) is 0 Å². The maximum atomic E-state index is 13.2. The minimum absolute atomic E-state index is 0.00870. The number of carboxylic acids is 1. The number of benzene rings is 1. The van der Waals surface area contributed by atoms with Gasteiger partial charge in [0.1, 0.15) is 0 Å². The summed E-state index contributed by atoms with van der Waals surface area (Å²) in [6, 6.07) is 3.14. The minimum atomic E-state index is -1.19. The van der Waals surface area contributed by atoms with Gasteiger partial charge in [0.2, 0.25) is 5.91 Å². The van der Waals surface area contributed by atoms with Gasteiger partial charge < -0.3 is 10.4 Å². The number of carbonyl (C=O) groups excluding carboxylic acids is 1. The molecular weight excluding hydrogens is 256 g/mol. The van der Waals surface area contributed by atoms with Gasteiger partial charge in [0.25, 0.3) is 0 Å². The number of hydrogen-bond acceptors (Lipinski definition) is 2. The van der Waals surface area contributed by atoms with E-state index in [9.17, 15) is 23.5 Å². The van der Waals surface area contributed by atoms with Crippen LogP contribution in [0.3, 0.4) is 0 Å². The van der Waals surface area contributed by atoms with Crippen molar-refractivity contribution in [3.63, 3.8) is 0 Å². The Kier molecular flexibility index (Phi) is 3.33. The van der Waals surface area contributed by atoms with E-state index in [4.69, 9.17) is 0 Å². The van der Waals surface area contributed by atoms with E-state index in [1.165, 1.54) is 13.0 Å². The first-order chi connectivity index (χ1) is 8.90. The van der Waals surface area contributed by atoms with Crippen molar-refractivity contribution in [2.75, 3.05) is 0 Å². The number of hydrogen-bond donors (Lipinski definition) is 2. The number of aliphatic carboxylic acids is 1. The van der Waals surface area contributed by atoms with E-state index in [-0.39, 0.29) is 29.2 Å². The number of halogens is 2. The van der Waals surface area contributed by atoms with E-state index in [1.54, 1.807) is 0 Å². The second-order valence-corrected chi connectivity index (χ2v) is 4.32. The molecule has 0 fully saturated rings. The SMILES string of the molecule is CC1=C(C(=O)O)[C@@H](c2ccc(F)c(F)c2)CC(=O)N1. The highest BCUT2D eigenvalue weighted by molar-refractivity contribution is 5.94. The molecule has 1 amide bonds. The van der Waals surface area contributed by atoms with Gasteiger partial charge in [-0.2, -0.15) is 0 Å². The molecule has 0 aromatic heterocycles. The van der Waals surface area contributed by atoms with Crippen LogP contribution >= 0.6 is 0 Å². The lowest BCUT2D eigenvalue weighted by atomic mass is 9.84. The fourth-order valence-corrected chi connectivity index (χ4v) is 2.20. The summed E-state index contributed by atoms with van der Waals surface area (Å²) >= 11 is 0. The molecule has 2 N–H and O–H groups in total. The average molecular weight is 267 g/mol. The standard InChI is InChI=1S/C13H11F2NO3/c1-6-12(13(18)19)8(5-11(17)16-6)7-2-3-9(14)10(15)4-7/h2-4,8H,5H2,1H3,(H,16,17)(H,18,19)/t8-/m1/s1. The number of nitrogens with one attached hydrogen (secondary N) is 1. The largest absolute Gasteiger partial charge is 0.478 e. The second kappa shape index (κ2) is 4.79. The first-order valence-corrected chi connectivity index (χ1v) is 5.59. The predicted octanol–water partition coefficient (Wildman–Crippen LogP) is 1.93. The first-order valence-electron chi connectivity index (χ1n) is 5.59. The van der Waals surface area contributed by atoms with Crippen molar-refractivity contribution in [1.29, 1.82) is 0 Å². The van der Waals surface area contributed by atoms with E-state index in [1.807, 2.05) is 0 Å². The maximum Gasteiger partial charge on any atom is 0.333 e. The highest BCUT2D eigenvalue weighted by atomic mass is 19.2. The summed E-state index contributed by atoms with van der Waals surface area (Å²) in [4.78, 5) is 22.7. The van der Waals surface area contributed by atoms with Crippen LogP contribution < -0.4 is 5.32 Å². The summed E-state index contributed by atoms with van der Waals surface area (Å²) in [6.45, 7) is 1.47. The van der Waals surface area contributed by atoms with E-state index in [0.717, 1.165) is 12.1 Å². The van der Waals surface area contributed by atoms with Crippen LogP contribution in [-0.2, 0) is 9.59 Å². The monoisotopic (exact) mass is 267 g/mol. The zero-order valence-corrected chi connectivity index (χ0v) is 10.0. The smallest absolute Gasteiger partial charge is 0.333 e. The number of allylic oxidation sites excluding steroid dienone is 1. The third-order valence-corrected chi connectivity index (χ3v) is 3.05. The van der Waals surface area contributed by atoms with Gasteiger partial charge in [0.05, 0.1) is 5.57 Å². The molecule has 0 radical (unpaired) electrons. The molecule has 0 unspecified atom stereocenters. The first kappa shape index (κ1) is 13.2. The molecule has 0 bridgehead atoms. The molecule has 0 spiro atoms. The highest BCUT2D eigenvalue weighted by Crippen LogP contribution is 2.33. The third kappa shape index (κ3) is 2.47. The molecule has 0 aliphatic carbocycles. The van der Waals surface area contributed by atoms with Crippen LogP contribution in [0.2, 0.25) is 0 Å². The van der Waals surface area contributed by atoms with Gasteiger partial charge in [-0.3, -0.25) is 4.79 Å². The lowest BCUT2D eigenvalue weighted by Gasteiger charge is -2.25. The van der Waals surface area contributed by atoms with Gasteiger partial charge in [-0.1, -0.05) is 6.07 Å². The Balaban J connectivity index is 2.51. The van der Waals surface area contributed by atoms with Gasteiger partial charge in [0, 0.05) is 18.0 Å². The fourth-order valence-electron chi connectivity index (χ4n) is 2.20. The molecule has 1 aliphatic heterocycles. The summed E-state index contributed by atoms with van der Waals surface area (Å²) in [5.41, 5.74) is 0.481. The van der Waals surface area contributed by atoms with Crippen LogP contribution in [-0.4, -0.2) is 17.0 Å². The molecule has 100 valence electrons. The van der Waals surface area contributed by atoms with Crippen LogP contribution in [0.5, 0.6) is 0 Å². The fraction of sp³-hybridized carbons (Fsp3) is 0.231. The van der Waals surface area contributed by atoms with Crippen LogP contribution in [0.4, 0.5) is 8.78 Å². The van der Waals surface area contributed by atoms with Crippen molar-refractivity contribution in [3.8, 4) is 0 Å². The zero-order chi connectivity index (χ0) is 14.2. The second-order valence-electron chi connectivity index (χ2n) is 4.32. The maximum absolute atomic E-state index is 13.2. The molecule has 6 heteroatoms. The zero-order valence-electron chi connectivity index (χ0n) is 10.0. The molecule has 1 atom stereocenters. The molecular formula is C13H11F2NO3. The van der Waals surface area contributed by atoms with Crippen LogP contribution in [0.1, 0.15) is 24.8 Å². The van der Waals surface area contributed by atoms with Crippen molar-refractivity contribution in [2.45, 2.75) is 19.3 Å². The summed E-state index contributed by atoms with van der Waals surface area (Å²) in [6.07, 6.45) is -0.107. The van der Waals surface area contributed by atoms with Crippen LogP contribution in [0, 0.1) is 11.6 Å². The van der Waals surface area contributed by atoms with Gasteiger partial charge in [0.15, 0.2) is 11.6 Å². The predicted molar refractivity (Wildman–Crippen MR) is 62.2 cm³/mol. The van der Waals surface area contributed by atoms with E-state index < -0.39 is 23.5 Å².